The highest BCUT2D eigenvalue weighted by molar-refractivity contribution is 6.35. The van der Waals surface area contributed by atoms with E-state index in [0.717, 1.165) is 11.1 Å². The lowest BCUT2D eigenvalue weighted by Gasteiger charge is -2.09. The van der Waals surface area contributed by atoms with Gasteiger partial charge in [0.15, 0.2) is 11.5 Å². The summed E-state index contributed by atoms with van der Waals surface area (Å²) >= 11 is 12.0. The summed E-state index contributed by atoms with van der Waals surface area (Å²) in [7, 11) is 3.10. The van der Waals surface area contributed by atoms with E-state index >= 15 is 0 Å². The van der Waals surface area contributed by atoms with Crippen LogP contribution in [0.3, 0.4) is 0 Å². The van der Waals surface area contributed by atoms with Gasteiger partial charge in [-0.1, -0.05) is 29.3 Å². The van der Waals surface area contributed by atoms with Gasteiger partial charge in [-0.2, -0.15) is 5.10 Å². The summed E-state index contributed by atoms with van der Waals surface area (Å²) in [5.74, 6) is 1.95. The van der Waals surface area contributed by atoms with Crippen LogP contribution in [0.15, 0.2) is 58.0 Å². The Morgan fingerprint density at radius 2 is 1.76 bits per heavy atom. The minimum Gasteiger partial charge on any atom is -0.493 e. The summed E-state index contributed by atoms with van der Waals surface area (Å²) in [5.41, 5.74) is 3.99. The number of carbonyl (C=O) groups excluding carboxylic acids is 1. The largest absolute Gasteiger partial charge is 0.493 e. The maximum atomic E-state index is 12.1. The highest BCUT2D eigenvalue weighted by Gasteiger charge is 2.09. The molecule has 0 aliphatic rings. The van der Waals surface area contributed by atoms with Crippen molar-refractivity contribution in [3.05, 3.63) is 69.9 Å². The van der Waals surface area contributed by atoms with Gasteiger partial charge in [-0.05, 0) is 48.0 Å². The first kappa shape index (κ1) is 20.8. The van der Waals surface area contributed by atoms with E-state index in [0.29, 0.717) is 33.1 Å². The molecule has 0 radical (unpaired) electrons. The molecule has 2 aromatic carbocycles. The normalized spacial score (nSPS) is 10.9. The SMILES string of the molecule is COc1ccc(CC(=O)N/N=C\c2ccc(-c3cc(Cl)cc(Cl)c3)o2)cc1OC. The van der Waals surface area contributed by atoms with Crippen molar-refractivity contribution in [1.82, 2.24) is 5.43 Å². The van der Waals surface area contributed by atoms with Gasteiger partial charge in [0.2, 0.25) is 5.91 Å². The van der Waals surface area contributed by atoms with Crippen molar-refractivity contribution in [3.63, 3.8) is 0 Å². The predicted octanol–water partition coefficient (Wildman–Crippen LogP) is 4.96. The van der Waals surface area contributed by atoms with Gasteiger partial charge in [0.05, 0.1) is 26.9 Å². The number of amides is 1. The highest BCUT2D eigenvalue weighted by Crippen LogP contribution is 2.29. The van der Waals surface area contributed by atoms with Crippen LogP contribution in [0.5, 0.6) is 11.5 Å². The first-order valence-corrected chi connectivity index (χ1v) is 9.33. The smallest absolute Gasteiger partial charge is 0.244 e. The molecule has 1 heterocycles. The second-order valence-corrected chi connectivity index (χ2v) is 6.89. The topological polar surface area (TPSA) is 73.1 Å². The first-order valence-electron chi connectivity index (χ1n) is 8.57. The van der Waals surface area contributed by atoms with Crippen LogP contribution in [-0.2, 0) is 11.2 Å². The van der Waals surface area contributed by atoms with E-state index in [-0.39, 0.29) is 12.3 Å². The molecule has 0 saturated carbocycles. The standard InChI is InChI=1S/C21H18Cl2N2O4/c1-27-19-5-3-13(7-20(19)28-2)8-21(26)25-24-12-17-4-6-18(29-17)14-9-15(22)11-16(23)10-14/h3-7,9-12H,8H2,1-2H3,(H,25,26)/b24-12-. The maximum Gasteiger partial charge on any atom is 0.244 e. The Balaban J connectivity index is 1.60. The Bertz CT molecular complexity index is 1030. The van der Waals surface area contributed by atoms with Crippen molar-refractivity contribution in [2.24, 2.45) is 5.10 Å². The van der Waals surface area contributed by atoms with E-state index < -0.39 is 0 Å². The number of nitrogens with zero attached hydrogens (tertiary/aromatic N) is 1. The Kier molecular flexibility index (Phi) is 6.80. The Labute approximate surface area is 178 Å². The number of methoxy groups -OCH3 is 2. The average Bonchev–Trinajstić information content (AvgIpc) is 3.16. The third-order valence-corrected chi connectivity index (χ3v) is 4.40. The molecule has 0 saturated heterocycles. The predicted molar refractivity (Wildman–Crippen MR) is 113 cm³/mol. The average molecular weight is 433 g/mol. The van der Waals surface area contributed by atoms with Crippen LogP contribution in [0.25, 0.3) is 11.3 Å². The first-order chi connectivity index (χ1) is 14.0. The molecular weight excluding hydrogens is 415 g/mol. The van der Waals surface area contributed by atoms with Crippen LogP contribution in [0.2, 0.25) is 10.0 Å². The van der Waals surface area contributed by atoms with Crippen LogP contribution >= 0.6 is 23.2 Å². The highest BCUT2D eigenvalue weighted by atomic mass is 35.5. The minimum atomic E-state index is -0.276. The zero-order valence-corrected chi connectivity index (χ0v) is 17.3. The number of hydrazone groups is 1. The summed E-state index contributed by atoms with van der Waals surface area (Å²) in [6.45, 7) is 0. The number of carbonyl (C=O) groups is 1. The quantitative estimate of drug-likeness (QED) is 0.422. The van der Waals surface area contributed by atoms with Crippen LogP contribution < -0.4 is 14.9 Å². The number of hydrogen-bond acceptors (Lipinski definition) is 5. The number of nitrogens with one attached hydrogen (secondary N) is 1. The molecule has 0 fully saturated rings. The number of furan rings is 1. The van der Waals surface area contributed by atoms with Crippen LogP contribution in [0, 0.1) is 0 Å². The summed E-state index contributed by atoms with van der Waals surface area (Å²) in [6, 6.07) is 13.9. The summed E-state index contributed by atoms with van der Waals surface area (Å²) in [4.78, 5) is 12.1. The molecule has 3 rings (SSSR count). The third kappa shape index (κ3) is 5.53. The molecule has 8 heteroatoms. The van der Waals surface area contributed by atoms with Crippen molar-refractivity contribution in [2.45, 2.75) is 6.42 Å². The van der Waals surface area contributed by atoms with Crippen molar-refractivity contribution in [2.75, 3.05) is 14.2 Å². The van der Waals surface area contributed by atoms with Crippen LogP contribution in [0.1, 0.15) is 11.3 Å². The molecule has 1 aromatic heterocycles. The van der Waals surface area contributed by atoms with E-state index in [1.54, 1.807) is 62.8 Å². The maximum absolute atomic E-state index is 12.1. The van der Waals surface area contributed by atoms with Crippen LogP contribution in [0.4, 0.5) is 0 Å². The van der Waals surface area contributed by atoms with E-state index in [2.05, 4.69) is 10.5 Å². The second kappa shape index (κ2) is 9.49. The van der Waals surface area contributed by atoms with Gasteiger partial charge >= 0.3 is 0 Å². The number of halogens is 2. The van der Waals surface area contributed by atoms with Gasteiger partial charge in [0.1, 0.15) is 11.5 Å². The van der Waals surface area contributed by atoms with Crippen LogP contribution in [-0.4, -0.2) is 26.3 Å². The zero-order valence-electron chi connectivity index (χ0n) is 15.7. The molecule has 0 atom stereocenters. The molecular formula is C21H18Cl2N2O4. The molecule has 1 amide bonds. The second-order valence-electron chi connectivity index (χ2n) is 6.02. The van der Waals surface area contributed by atoms with E-state index in [1.807, 2.05) is 0 Å². The van der Waals surface area contributed by atoms with Gasteiger partial charge in [-0.3, -0.25) is 4.79 Å². The molecule has 0 bridgehead atoms. The monoisotopic (exact) mass is 432 g/mol. The Hall–Kier alpha value is -2.96. The van der Waals surface area contributed by atoms with Crippen molar-refractivity contribution in [1.29, 1.82) is 0 Å². The molecule has 29 heavy (non-hydrogen) atoms. The van der Waals surface area contributed by atoms with Crippen molar-refractivity contribution in [3.8, 4) is 22.8 Å². The Morgan fingerprint density at radius 1 is 1.03 bits per heavy atom. The molecule has 0 unspecified atom stereocenters. The fourth-order valence-corrected chi connectivity index (χ4v) is 3.18. The van der Waals surface area contributed by atoms with Gasteiger partial charge < -0.3 is 13.9 Å². The van der Waals surface area contributed by atoms with Crippen molar-refractivity contribution < 1.29 is 18.7 Å². The number of rotatable bonds is 7. The third-order valence-electron chi connectivity index (χ3n) is 3.97. The lowest BCUT2D eigenvalue weighted by Crippen LogP contribution is -2.19. The van der Waals surface area contributed by atoms with E-state index in [1.165, 1.54) is 6.21 Å². The van der Waals surface area contributed by atoms with Gasteiger partial charge in [0.25, 0.3) is 0 Å². The Morgan fingerprint density at radius 3 is 2.45 bits per heavy atom. The number of ether oxygens (including phenoxy) is 2. The molecule has 0 aliphatic heterocycles. The number of benzene rings is 2. The molecule has 1 N–H and O–H groups in total. The fraction of sp³-hybridized carbons (Fsp3) is 0.143. The van der Waals surface area contributed by atoms with Gasteiger partial charge in [0, 0.05) is 15.6 Å². The number of hydrogen-bond donors (Lipinski definition) is 1. The summed E-state index contributed by atoms with van der Waals surface area (Å²) < 4.78 is 16.1. The van der Waals surface area contributed by atoms with E-state index in [4.69, 9.17) is 37.1 Å². The molecule has 0 spiro atoms. The summed E-state index contributed by atoms with van der Waals surface area (Å²) in [6.07, 6.45) is 1.56. The lowest BCUT2D eigenvalue weighted by atomic mass is 10.1. The molecule has 150 valence electrons. The lowest BCUT2D eigenvalue weighted by molar-refractivity contribution is -0.120. The van der Waals surface area contributed by atoms with Gasteiger partial charge in [-0.15, -0.1) is 0 Å². The van der Waals surface area contributed by atoms with Gasteiger partial charge in [-0.25, -0.2) is 5.43 Å². The molecule has 6 nitrogen and oxygen atoms in total. The molecule has 0 aliphatic carbocycles. The minimum absolute atomic E-state index is 0.141. The van der Waals surface area contributed by atoms with Crippen molar-refractivity contribution >= 4 is 35.3 Å². The van der Waals surface area contributed by atoms with E-state index in [9.17, 15) is 4.79 Å². The molecule has 3 aromatic rings. The zero-order chi connectivity index (χ0) is 20.8. The summed E-state index contributed by atoms with van der Waals surface area (Å²) in [5, 5.41) is 4.96. The fourth-order valence-electron chi connectivity index (χ4n) is 2.66.